The van der Waals surface area contributed by atoms with Gasteiger partial charge in [-0.2, -0.15) is 0 Å². The molecule has 0 fully saturated rings. The second kappa shape index (κ2) is 11.7. The molecule has 0 bridgehead atoms. The Morgan fingerprint density at radius 2 is 1.81 bits per heavy atom. The molecular formula is C17H29NO2Si. The summed E-state index contributed by atoms with van der Waals surface area (Å²) in [5.41, 5.74) is 1.27. The van der Waals surface area contributed by atoms with Gasteiger partial charge < -0.3 is 14.2 Å². The number of benzene rings is 1. The fourth-order valence-electron chi connectivity index (χ4n) is 2.28. The quantitative estimate of drug-likeness (QED) is 0.364. The number of nitrogens with one attached hydrogen (secondary N) is 1. The Bertz CT molecular complexity index is 366. The van der Waals surface area contributed by atoms with Crippen molar-refractivity contribution in [1.82, 2.24) is 5.32 Å². The molecule has 118 valence electrons. The van der Waals surface area contributed by atoms with Crippen LogP contribution < -0.4 is 5.32 Å². The molecule has 3 nitrogen and oxygen atoms in total. The normalized spacial score (nSPS) is 12.5. The Labute approximate surface area is 131 Å². The maximum absolute atomic E-state index is 5.68. The van der Waals surface area contributed by atoms with Crippen molar-refractivity contribution in [1.29, 1.82) is 0 Å². The second-order valence-corrected chi connectivity index (χ2v) is 7.02. The van der Waals surface area contributed by atoms with Crippen molar-refractivity contribution < 1.29 is 8.85 Å². The first-order valence-electron chi connectivity index (χ1n) is 7.95. The van der Waals surface area contributed by atoms with Crippen LogP contribution in [-0.4, -0.2) is 29.0 Å². The van der Waals surface area contributed by atoms with E-state index in [0.717, 1.165) is 38.6 Å². The zero-order valence-electron chi connectivity index (χ0n) is 13.4. The van der Waals surface area contributed by atoms with E-state index < -0.39 is 9.28 Å². The van der Waals surface area contributed by atoms with Crippen LogP contribution in [0.2, 0.25) is 6.04 Å². The maximum atomic E-state index is 5.68. The highest BCUT2D eigenvalue weighted by Crippen LogP contribution is 2.13. The van der Waals surface area contributed by atoms with Crippen LogP contribution in [0.25, 0.3) is 0 Å². The van der Waals surface area contributed by atoms with E-state index in [4.69, 9.17) is 8.85 Å². The lowest BCUT2D eigenvalue weighted by molar-refractivity contribution is 0.212. The van der Waals surface area contributed by atoms with Crippen molar-refractivity contribution in [2.24, 2.45) is 0 Å². The minimum absolute atomic E-state index is 0.234. The summed E-state index contributed by atoms with van der Waals surface area (Å²) in [6, 6.07) is 11.8. The fourth-order valence-corrected chi connectivity index (χ4v) is 4.07. The third-order valence-corrected chi connectivity index (χ3v) is 5.62. The van der Waals surface area contributed by atoms with Crippen LogP contribution in [0.4, 0.5) is 0 Å². The van der Waals surface area contributed by atoms with Crippen molar-refractivity contribution in [2.75, 3.05) is 19.8 Å². The van der Waals surface area contributed by atoms with Gasteiger partial charge in [-0.25, -0.2) is 0 Å². The van der Waals surface area contributed by atoms with Gasteiger partial charge in [-0.15, -0.1) is 6.58 Å². The number of hydrogen-bond donors (Lipinski definition) is 1. The van der Waals surface area contributed by atoms with Gasteiger partial charge in [-0.05, 0) is 38.4 Å². The van der Waals surface area contributed by atoms with Crippen LogP contribution in [0.5, 0.6) is 0 Å². The largest absolute Gasteiger partial charge is 0.397 e. The van der Waals surface area contributed by atoms with Gasteiger partial charge in [0.1, 0.15) is 0 Å². The van der Waals surface area contributed by atoms with Gasteiger partial charge in [0.15, 0.2) is 0 Å². The van der Waals surface area contributed by atoms with Gasteiger partial charge >= 0.3 is 9.28 Å². The van der Waals surface area contributed by atoms with Gasteiger partial charge in [-0.1, -0.05) is 42.8 Å². The van der Waals surface area contributed by atoms with E-state index >= 15 is 0 Å². The molecule has 0 spiro atoms. The van der Waals surface area contributed by atoms with Crippen LogP contribution in [0.1, 0.15) is 38.3 Å². The molecular weight excluding hydrogens is 278 g/mol. The highest BCUT2D eigenvalue weighted by Gasteiger charge is 2.11. The van der Waals surface area contributed by atoms with Crippen molar-refractivity contribution in [2.45, 2.75) is 38.8 Å². The predicted octanol–water partition coefficient (Wildman–Crippen LogP) is 3.58. The summed E-state index contributed by atoms with van der Waals surface area (Å²) in [5, 5.41) is 3.54. The molecule has 0 radical (unpaired) electrons. The lowest BCUT2D eigenvalue weighted by atomic mass is 10.1. The minimum Gasteiger partial charge on any atom is -0.397 e. The van der Waals surface area contributed by atoms with Gasteiger partial charge in [0.2, 0.25) is 0 Å². The number of rotatable bonds is 12. The van der Waals surface area contributed by atoms with Gasteiger partial charge in [0, 0.05) is 13.2 Å². The van der Waals surface area contributed by atoms with E-state index in [-0.39, 0.29) is 6.04 Å². The molecule has 0 heterocycles. The molecule has 1 rings (SSSR count). The first-order valence-corrected chi connectivity index (χ1v) is 9.71. The molecule has 0 aliphatic carbocycles. The summed E-state index contributed by atoms with van der Waals surface area (Å²) < 4.78 is 11.4. The molecule has 0 saturated heterocycles. The molecule has 1 aromatic carbocycles. The molecule has 0 aliphatic rings. The van der Waals surface area contributed by atoms with Gasteiger partial charge in [0.05, 0.1) is 6.04 Å². The molecule has 1 aromatic rings. The lowest BCUT2D eigenvalue weighted by Gasteiger charge is -2.16. The number of hydrogen-bond acceptors (Lipinski definition) is 3. The van der Waals surface area contributed by atoms with Crippen molar-refractivity contribution in [3.63, 3.8) is 0 Å². The highest BCUT2D eigenvalue weighted by molar-refractivity contribution is 6.44. The van der Waals surface area contributed by atoms with E-state index in [0.29, 0.717) is 0 Å². The van der Waals surface area contributed by atoms with Crippen molar-refractivity contribution >= 4 is 9.28 Å². The Kier molecular flexibility index (Phi) is 10.1. The average molecular weight is 308 g/mol. The summed E-state index contributed by atoms with van der Waals surface area (Å²) in [6.45, 7) is 10.5. The summed E-state index contributed by atoms with van der Waals surface area (Å²) in [5.74, 6) is 0. The van der Waals surface area contributed by atoms with E-state index in [2.05, 4.69) is 36.2 Å². The zero-order chi connectivity index (χ0) is 15.3. The summed E-state index contributed by atoms with van der Waals surface area (Å²) in [4.78, 5) is 0. The first kappa shape index (κ1) is 18.1. The molecule has 0 aromatic heterocycles. The van der Waals surface area contributed by atoms with E-state index in [1.54, 1.807) is 0 Å². The molecule has 1 atom stereocenters. The second-order valence-electron chi connectivity index (χ2n) is 4.91. The monoisotopic (exact) mass is 307 g/mol. The van der Waals surface area contributed by atoms with E-state index in [9.17, 15) is 0 Å². The molecule has 21 heavy (non-hydrogen) atoms. The van der Waals surface area contributed by atoms with Crippen LogP contribution in [-0.2, 0) is 8.85 Å². The van der Waals surface area contributed by atoms with Crippen LogP contribution in [0, 0.1) is 0 Å². The fraction of sp³-hybridized carbons (Fsp3) is 0.529. The molecule has 0 saturated carbocycles. The SMILES string of the molecule is C=CC(NCCCC[SiH](OCC)OCC)c1ccccc1. The van der Waals surface area contributed by atoms with Crippen LogP contribution in [0.15, 0.2) is 43.0 Å². The molecule has 4 heteroatoms. The van der Waals surface area contributed by atoms with E-state index in [1.165, 1.54) is 5.56 Å². The van der Waals surface area contributed by atoms with Crippen LogP contribution >= 0.6 is 0 Å². The minimum atomic E-state index is -1.42. The van der Waals surface area contributed by atoms with Crippen molar-refractivity contribution in [3.05, 3.63) is 48.6 Å². The Hall–Kier alpha value is -0.943. The summed E-state index contributed by atoms with van der Waals surface area (Å²) in [7, 11) is -1.42. The third kappa shape index (κ3) is 7.57. The Morgan fingerprint density at radius 1 is 1.14 bits per heavy atom. The predicted molar refractivity (Wildman–Crippen MR) is 91.8 cm³/mol. The molecule has 1 N–H and O–H groups in total. The molecule has 0 amide bonds. The molecule has 1 unspecified atom stereocenters. The smallest absolute Gasteiger partial charge is 0.321 e. The van der Waals surface area contributed by atoms with E-state index in [1.807, 2.05) is 26.0 Å². The van der Waals surface area contributed by atoms with Crippen LogP contribution in [0.3, 0.4) is 0 Å². The zero-order valence-corrected chi connectivity index (χ0v) is 14.5. The highest BCUT2D eigenvalue weighted by atomic mass is 28.3. The van der Waals surface area contributed by atoms with Gasteiger partial charge in [0.25, 0.3) is 0 Å². The number of unbranched alkanes of at least 4 members (excludes halogenated alkanes) is 1. The maximum Gasteiger partial charge on any atom is 0.321 e. The Morgan fingerprint density at radius 3 is 2.38 bits per heavy atom. The Balaban J connectivity index is 2.21. The topological polar surface area (TPSA) is 30.5 Å². The standard InChI is InChI=1S/C17H29NO2Si/c1-4-17(16-12-8-7-9-13-16)18-14-10-11-15-21(19-5-2)20-6-3/h4,7-9,12-13,17-18,21H,1,5-6,10-11,14-15H2,2-3H3. The third-order valence-electron chi connectivity index (χ3n) is 3.33. The average Bonchev–Trinajstić information content (AvgIpc) is 2.52. The summed E-state index contributed by atoms with van der Waals surface area (Å²) in [6.07, 6.45) is 4.26. The van der Waals surface area contributed by atoms with Gasteiger partial charge in [-0.3, -0.25) is 0 Å². The summed E-state index contributed by atoms with van der Waals surface area (Å²) >= 11 is 0. The molecule has 0 aliphatic heterocycles. The van der Waals surface area contributed by atoms with Crippen molar-refractivity contribution in [3.8, 4) is 0 Å². The first-order chi connectivity index (χ1) is 10.3. The lowest BCUT2D eigenvalue weighted by Crippen LogP contribution is -2.24.